The van der Waals surface area contributed by atoms with Gasteiger partial charge >= 0.3 is 0 Å². The van der Waals surface area contributed by atoms with Crippen molar-refractivity contribution >= 4 is 55.0 Å². The zero-order valence-corrected chi connectivity index (χ0v) is 24.3. The third-order valence-corrected chi connectivity index (χ3v) is 6.62. The van der Waals surface area contributed by atoms with Crippen molar-refractivity contribution in [2.24, 2.45) is 0 Å². The number of hydrogen-bond acceptors (Lipinski definition) is 4. The minimum absolute atomic E-state index is 0. The summed E-state index contributed by atoms with van der Waals surface area (Å²) in [5.41, 5.74) is 3.92. The number of pyridine rings is 1. The van der Waals surface area contributed by atoms with Crippen LogP contribution in [0.25, 0.3) is 60.5 Å². The van der Waals surface area contributed by atoms with Crippen LogP contribution in [0.2, 0.25) is 0 Å². The molecule has 0 unspecified atom stereocenters. The Bertz CT molecular complexity index is 2070. The molecule has 0 aliphatic heterocycles. The van der Waals surface area contributed by atoms with Crippen LogP contribution in [0.4, 0.5) is 4.39 Å². The molecular weight excluding hydrogens is 694 g/mol. The van der Waals surface area contributed by atoms with Gasteiger partial charge in [0.15, 0.2) is 11.4 Å². The van der Waals surface area contributed by atoms with E-state index < -0.39 is 0 Å². The summed E-state index contributed by atoms with van der Waals surface area (Å²) >= 11 is 0. The summed E-state index contributed by atoms with van der Waals surface area (Å²) in [7, 11) is 0. The van der Waals surface area contributed by atoms with Crippen LogP contribution in [0.5, 0.6) is 0 Å². The summed E-state index contributed by atoms with van der Waals surface area (Å²) in [5.74, 6) is -0.382. The number of fused-ring (bicyclic) bond motifs is 5. The van der Waals surface area contributed by atoms with E-state index in [0.29, 0.717) is 5.56 Å². The summed E-state index contributed by atoms with van der Waals surface area (Å²) in [6.07, 6.45) is 2.95. The van der Waals surface area contributed by atoms with Gasteiger partial charge in [0.2, 0.25) is 0 Å². The summed E-state index contributed by atoms with van der Waals surface area (Å²) in [4.78, 5) is 15.2. The Kier molecular flexibility index (Phi) is 8.06. The zero-order chi connectivity index (χ0) is 27.6. The number of rotatable bonds is 3. The second-order valence-electron chi connectivity index (χ2n) is 9.47. The number of ketones is 1. The van der Waals surface area contributed by atoms with E-state index in [4.69, 9.17) is 4.42 Å². The molecule has 7 aromatic rings. The molecule has 7 rings (SSSR count). The van der Waals surface area contributed by atoms with Gasteiger partial charge < -0.3 is 9.52 Å². The van der Waals surface area contributed by atoms with Gasteiger partial charge in [-0.3, -0.25) is 9.78 Å². The normalized spacial score (nSPS) is 11.3. The number of benzene rings is 5. The Hall–Kier alpha value is -4.64. The van der Waals surface area contributed by atoms with Gasteiger partial charge in [0, 0.05) is 48.2 Å². The molecule has 0 spiro atoms. The predicted molar refractivity (Wildman–Crippen MR) is 158 cm³/mol. The second kappa shape index (κ2) is 11.8. The third-order valence-electron chi connectivity index (χ3n) is 6.62. The Balaban J connectivity index is 0.000000221. The molecule has 0 aliphatic carbocycles. The maximum Gasteiger partial charge on any atom is 0.156 e. The molecule has 41 heavy (non-hydrogen) atoms. The van der Waals surface area contributed by atoms with Gasteiger partial charge in [-0.05, 0) is 42.0 Å². The maximum absolute atomic E-state index is 13.7. The monoisotopic (exact) mass is 717 g/mol. The fourth-order valence-electron chi connectivity index (χ4n) is 4.69. The van der Waals surface area contributed by atoms with Crippen LogP contribution in [0.15, 0.2) is 120 Å². The van der Waals surface area contributed by atoms with Crippen LogP contribution in [0.3, 0.4) is 0 Å². The Labute approximate surface area is 249 Å². The Morgan fingerprint density at radius 3 is 2.37 bits per heavy atom. The molecule has 0 saturated heterocycles. The first kappa shape index (κ1) is 27.9. The molecule has 6 heteroatoms. The van der Waals surface area contributed by atoms with E-state index in [1.165, 1.54) is 19.1 Å². The molecule has 5 aromatic carbocycles. The SMILES string of the molecule is CC(=O)/C=C(\O)c1ccccc1.Fc1ccc2cc3oc4cnc(-c5[c-]c6ccccc6cc5)cc4c3cc2c1.[Ir]. The number of aliphatic hydroxyl groups excluding tert-OH is 1. The number of allylic oxidation sites excluding steroid dienone is 1. The van der Waals surface area contributed by atoms with Crippen LogP contribution in [0.1, 0.15) is 12.5 Å². The van der Waals surface area contributed by atoms with Crippen molar-refractivity contribution in [3.63, 3.8) is 0 Å². The van der Waals surface area contributed by atoms with Gasteiger partial charge in [0.05, 0.1) is 6.20 Å². The minimum Gasteiger partial charge on any atom is -0.507 e. The van der Waals surface area contributed by atoms with Crippen molar-refractivity contribution in [3.8, 4) is 11.3 Å². The molecule has 1 N–H and O–H groups in total. The fourth-order valence-corrected chi connectivity index (χ4v) is 4.69. The number of carbonyl (C=O) groups excluding carboxylic acids is 1. The molecule has 4 nitrogen and oxygen atoms in total. The quantitative estimate of drug-likeness (QED) is 0.113. The number of aromatic nitrogens is 1. The van der Waals surface area contributed by atoms with Gasteiger partial charge in [-0.2, -0.15) is 0 Å². The molecule has 1 radical (unpaired) electrons. The summed E-state index contributed by atoms with van der Waals surface area (Å²) < 4.78 is 19.6. The fraction of sp³-hybridized carbons (Fsp3) is 0.0286. The van der Waals surface area contributed by atoms with E-state index in [9.17, 15) is 14.3 Å². The van der Waals surface area contributed by atoms with Crippen molar-refractivity contribution in [2.45, 2.75) is 6.92 Å². The average Bonchev–Trinajstić information content (AvgIpc) is 3.32. The molecule has 0 bridgehead atoms. The first-order chi connectivity index (χ1) is 19.4. The molecule has 0 aliphatic rings. The number of halogens is 1. The molecule has 0 amide bonds. The number of hydrogen-bond donors (Lipinski definition) is 1. The van der Waals surface area contributed by atoms with Crippen LogP contribution in [0, 0.1) is 11.9 Å². The summed E-state index contributed by atoms with van der Waals surface area (Å²) in [6, 6.07) is 35.4. The van der Waals surface area contributed by atoms with Crippen molar-refractivity contribution in [1.29, 1.82) is 0 Å². The maximum atomic E-state index is 13.7. The van der Waals surface area contributed by atoms with Crippen LogP contribution in [-0.4, -0.2) is 15.9 Å². The molecule has 0 fully saturated rings. The Morgan fingerprint density at radius 2 is 1.56 bits per heavy atom. The van der Waals surface area contributed by atoms with Gasteiger partial charge in [0.25, 0.3) is 0 Å². The van der Waals surface area contributed by atoms with E-state index in [0.717, 1.165) is 54.7 Å². The van der Waals surface area contributed by atoms with E-state index in [-0.39, 0.29) is 37.5 Å². The van der Waals surface area contributed by atoms with Crippen molar-refractivity contribution in [2.75, 3.05) is 0 Å². The average molecular weight is 717 g/mol. The van der Waals surface area contributed by atoms with Crippen molar-refractivity contribution in [1.82, 2.24) is 4.98 Å². The molecule has 2 heterocycles. The molecule has 203 valence electrons. The number of furan rings is 1. The van der Waals surface area contributed by atoms with Gasteiger partial charge in [-0.1, -0.05) is 71.6 Å². The number of aliphatic hydroxyl groups is 1. The predicted octanol–water partition coefficient (Wildman–Crippen LogP) is 9.07. The molecule has 0 atom stereocenters. The van der Waals surface area contributed by atoms with Gasteiger partial charge in [-0.15, -0.1) is 29.7 Å². The first-order valence-corrected chi connectivity index (χ1v) is 12.7. The van der Waals surface area contributed by atoms with E-state index >= 15 is 0 Å². The summed E-state index contributed by atoms with van der Waals surface area (Å²) in [5, 5.41) is 15.3. The third kappa shape index (κ3) is 5.94. The number of carbonyl (C=O) groups is 1. The largest absolute Gasteiger partial charge is 0.507 e. The van der Waals surface area contributed by atoms with E-state index in [1.54, 1.807) is 42.6 Å². The Morgan fingerprint density at radius 1 is 0.829 bits per heavy atom. The first-order valence-electron chi connectivity index (χ1n) is 12.7. The van der Waals surface area contributed by atoms with Crippen molar-refractivity contribution < 1.29 is 38.8 Å². The minimum atomic E-state index is -0.243. The van der Waals surface area contributed by atoms with Gasteiger partial charge in [-0.25, -0.2) is 4.39 Å². The van der Waals surface area contributed by atoms with E-state index in [1.807, 2.05) is 48.5 Å². The van der Waals surface area contributed by atoms with Crippen LogP contribution >= 0.6 is 0 Å². The molecule has 2 aromatic heterocycles. The van der Waals surface area contributed by atoms with Crippen molar-refractivity contribution in [3.05, 3.63) is 133 Å². The number of nitrogens with zero attached hydrogens (tertiary/aromatic N) is 1. The second-order valence-corrected chi connectivity index (χ2v) is 9.47. The van der Waals surface area contributed by atoms with Crippen LogP contribution < -0.4 is 0 Å². The molecular formula is C35H23FIrNO3-. The molecule has 0 saturated carbocycles. The van der Waals surface area contributed by atoms with Crippen LogP contribution in [-0.2, 0) is 24.9 Å². The van der Waals surface area contributed by atoms with E-state index in [2.05, 4.69) is 23.2 Å². The van der Waals surface area contributed by atoms with Gasteiger partial charge in [0.1, 0.15) is 17.2 Å². The summed E-state index contributed by atoms with van der Waals surface area (Å²) in [6.45, 7) is 1.40. The smallest absolute Gasteiger partial charge is 0.156 e. The topological polar surface area (TPSA) is 63.3 Å². The standard InChI is InChI=1S/C25H13FNO.C10H10O2.Ir/c26-20-8-7-17-12-24-21(11-19(17)10-20)22-13-23(27-14-25(22)28-24)18-6-5-15-3-1-2-4-16(15)9-18;1-8(11)7-10(12)9-5-3-2-4-6-9;/h1-8,10-14H;2-7,12H,1H3;/q-1;;/b;10-7-;. The zero-order valence-electron chi connectivity index (χ0n) is 21.9.